The van der Waals surface area contributed by atoms with E-state index in [4.69, 9.17) is 5.11 Å². The molecule has 126 valence electrons. The van der Waals surface area contributed by atoms with Crippen LogP contribution in [0.5, 0.6) is 0 Å². The number of rotatable bonds is 4. The third-order valence-electron chi connectivity index (χ3n) is 4.33. The topological polar surface area (TPSA) is 84.2 Å². The van der Waals surface area contributed by atoms with Gasteiger partial charge in [-0.15, -0.1) is 0 Å². The van der Waals surface area contributed by atoms with Gasteiger partial charge in [-0.2, -0.15) is 5.10 Å². The van der Waals surface area contributed by atoms with E-state index in [-0.39, 0.29) is 11.8 Å². The van der Waals surface area contributed by atoms with Crippen LogP contribution in [0.15, 0.2) is 30.6 Å². The molecular formula is C17H18FN3O3. The van der Waals surface area contributed by atoms with Gasteiger partial charge in [-0.25, -0.2) is 9.07 Å². The number of carbonyl (C=O) groups is 2. The first-order chi connectivity index (χ1) is 11.4. The lowest BCUT2D eigenvalue weighted by atomic mass is 10.0. The van der Waals surface area contributed by atoms with E-state index >= 15 is 0 Å². The second kappa shape index (κ2) is 6.43. The Labute approximate surface area is 138 Å². The molecule has 0 bridgehead atoms. The van der Waals surface area contributed by atoms with Crippen LogP contribution in [0.25, 0.3) is 5.69 Å². The highest BCUT2D eigenvalue weighted by molar-refractivity contribution is 5.93. The number of anilines is 1. The Kier molecular flexibility index (Phi) is 4.33. The molecule has 2 atom stereocenters. The number of carboxylic acid groups (broad SMARTS) is 1. The fourth-order valence-corrected chi connectivity index (χ4v) is 3.00. The highest BCUT2D eigenvalue weighted by Gasteiger charge is 2.33. The van der Waals surface area contributed by atoms with Crippen molar-refractivity contribution in [1.29, 1.82) is 0 Å². The van der Waals surface area contributed by atoms with Crippen molar-refractivity contribution in [3.8, 4) is 5.69 Å². The smallest absolute Gasteiger partial charge is 0.306 e. The van der Waals surface area contributed by atoms with Crippen molar-refractivity contribution in [1.82, 2.24) is 9.78 Å². The quantitative estimate of drug-likeness (QED) is 0.902. The molecule has 7 heteroatoms. The van der Waals surface area contributed by atoms with Crippen molar-refractivity contribution in [3.63, 3.8) is 0 Å². The summed E-state index contributed by atoms with van der Waals surface area (Å²) in [5, 5.41) is 15.7. The minimum atomic E-state index is -0.866. The number of aliphatic carboxylic acids is 1. The zero-order valence-electron chi connectivity index (χ0n) is 13.2. The molecule has 0 unspecified atom stereocenters. The monoisotopic (exact) mass is 331 g/mol. The number of carbonyl (C=O) groups excluding carboxylic acids is 1. The summed E-state index contributed by atoms with van der Waals surface area (Å²) in [6, 6.07) is 4.40. The molecule has 1 aromatic heterocycles. The number of nitrogens with zero attached hydrogens (tertiary/aromatic N) is 2. The van der Waals surface area contributed by atoms with Gasteiger partial charge in [0.05, 0.1) is 12.1 Å². The third kappa shape index (κ3) is 3.29. The second-order valence-electron chi connectivity index (χ2n) is 6.16. The van der Waals surface area contributed by atoms with Crippen molar-refractivity contribution in [2.75, 3.05) is 5.32 Å². The summed E-state index contributed by atoms with van der Waals surface area (Å²) in [5.41, 5.74) is 1.57. The molecule has 1 aliphatic carbocycles. The third-order valence-corrected chi connectivity index (χ3v) is 4.33. The van der Waals surface area contributed by atoms with Crippen molar-refractivity contribution in [3.05, 3.63) is 42.0 Å². The van der Waals surface area contributed by atoms with Crippen LogP contribution in [0.4, 0.5) is 10.1 Å². The molecular weight excluding hydrogens is 313 g/mol. The average Bonchev–Trinajstić information content (AvgIpc) is 3.16. The Morgan fingerprint density at radius 3 is 2.67 bits per heavy atom. The van der Waals surface area contributed by atoms with Crippen molar-refractivity contribution < 1.29 is 19.1 Å². The van der Waals surface area contributed by atoms with Crippen LogP contribution >= 0.6 is 0 Å². The van der Waals surface area contributed by atoms with Gasteiger partial charge in [0, 0.05) is 17.8 Å². The first-order valence-electron chi connectivity index (χ1n) is 7.79. The number of amides is 1. The molecule has 24 heavy (non-hydrogen) atoms. The lowest BCUT2D eigenvalue weighted by molar-refractivity contribution is -0.141. The molecule has 1 aromatic carbocycles. The molecule has 1 fully saturated rings. The summed E-state index contributed by atoms with van der Waals surface area (Å²) in [6.45, 7) is 1.86. The van der Waals surface area contributed by atoms with Crippen molar-refractivity contribution in [2.24, 2.45) is 11.8 Å². The van der Waals surface area contributed by atoms with Gasteiger partial charge in [-0.3, -0.25) is 9.59 Å². The van der Waals surface area contributed by atoms with Gasteiger partial charge < -0.3 is 10.4 Å². The van der Waals surface area contributed by atoms with Crippen molar-refractivity contribution in [2.45, 2.75) is 26.2 Å². The molecule has 6 nitrogen and oxygen atoms in total. The van der Waals surface area contributed by atoms with Gasteiger partial charge in [0.25, 0.3) is 0 Å². The molecule has 3 rings (SSSR count). The number of carboxylic acids is 1. The highest BCUT2D eigenvalue weighted by Crippen LogP contribution is 2.32. The Balaban J connectivity index is 1.69. The highest BCUT2D eigenvalue weighted by atomic mass is 19.1. The predicted octanol–water partition coefficient (Wildman–Crippen LogP) is 2.76. The second-order valence-corrected chi connectivity index (χ2v) is 6.16. The molecule has 2 N–H and O–H groups in total. The fraction of sp³-hybridized carbons (Fsp3) is 0.353. The van der Waals surface area contributed by atoms with Crippen LogP contribution in [0, 0.1) is 24.6 Å². The van der Waals surface area contributed by atoms with Crippen LogP contribution in [-0.2, 0) is 9.59 Å². The van der Waals surface area contributed by atoms with Crippen LogP contribution < -0.4 is 5.32 Å². The number of nitrogens with one attached hydrogen (secondary N) is 1. The van der Waals surface area contributed by atoms with E-state index < -0.39 is 17.7 Å². The lowest BCUT2D eigenvalue weighted by Gasteiger charge is -2.12. The maximum absolute atomic E-state index is 14.3. The maximum atomic E-state index is 14.3. The van der Waals surface area contributed by atoms with E-state index in [9.17, 15) is 14.0 Å². The van der Waals surface area contributed by atoms with Gasteiger partial charge >= 0.3 is 5.97 Å². The van der Waals surface area contributed by atoms with Crippen LogP contribution in [-0.4, -0.2) is 26.8 Å². The van der Waals surface area contributed by atoms with E-state index in [2.05, 4.69) is 10.4 Å². The molecule has 0 aliphatic heterocycles. The summed E-state index contributed by atoms with van der Waals surface area (Å²) < 4.78 is 15.7. The standard InChI is InChI=1S/C17H18FN3O3/c1-10-8-19-21(9-10)15-5-4-13(7-14(15)18)20-16(22)11-2-3-12(6-11)17(23)24/h4-5,7-9,11-12H,2-3,6H2,1H3,(H,20,22)(H,23,24)/t11-,12+/m1/s1. The largest absolute Gasteiger partial charge is 0.481 e. The average molecular weight is 331 g/mol. The Morgan fingerprint density at radius 2 is 2.08 bits per heavy atom. The fourth-order valence-electron chi connectivity index (χ4n) is 3.00. The molecule has 1 heterocycles. The van der Waals surface area contributed by atoms with E-state index in [1.807, 2.05) is 6.92 Å². The van der Waals surface area contributed by atoms with E-state index in [1.54, 1.807) is 24.5 Å². The van der Waals surface area contributed by atoms with Gasteiger partial charge in [-0.1, -0.05) is 0 Å². The SMILES string of the molecule is Cc1cnn(-c2ccc(NC(=O)[C@@H]3CC[C@H](C(=O)O)C3)cc2F)c1. The van der Waals surface area contributed by atoms with Crippen LogP contribution in [0.1, 0.15) is 24.8 Å². The molecule has 1 aliphatic rings. The number of halogens is 1. The van der Waals surface area contributed by atoms with Crippen LogP contribution in [0.2, 0.25) is 0 Å². The number of hydrogen-bond donors (Lipinski definition) is 2. The minimum absolute atomic E-state index is 0.263. The number of hydrogen-bond acceptors (Lipinski definition) is 3. The first-order valence-corrected chi connectivity index (χ1v) is 7.79. The zero-order valence-corrected chi connectivity index (χ0v) is 13.2. The molecule has 1 amide bonds. The van der Waals surface area contributed by atoms with E-state index in [0.717, 1.165) is 5.56 Å². The van der Waals surface area contributed by atoms with E-state index in [0.29, 0.717) is 30.6 Å². The molecule has 0 saturated heterocycles. The Morgan fingerprint density at radius 1 is 1.33 bits per heavy atom. The van der Waals surface area contributed by atoms with Crippen LogP contribution in [0.3, 0.4) is 0 Å². The lowest BCUT2D eigenvalue weighted by Crippen LogP contribution is -2.21. The minimum Gasteiger partial charge on any atom is -0.481 e. The van der Waals surface area contributed by atoms with Crippen molar-refractivity contribution >= 4 is 17.6 Å². The molecule has 1 saturated carbocycles. The Bertz CT molecular complexity index is 787. The zero-order chi connectivity index (χ0) is 17.3. The van der Waals surface area contributed by atoms with Gasteiger partial charge in [0.15, 0.2) is 5.82 Å². The number of aryl methyl sites for hydroxylation is 1. The first kappa shape index (κ1) is 16.2. The summed E-state index contributed by atoms with van der Waals surface area (Å²) >= 11 is 0. The predicted molar refractivity (Wildman–Crippen MR) is 85.4 cm³/mol. The maximum Gasteiger partial charge on any atom is 0.306 e. The molecule has 2 aromatic rings. The number of benzene rings is 1. The molecule has 0 spiro atoms. The van der Waals surface area contributed by atoms with Gasteiger partial charge in [-0.05, 0) is 49.9 Å². The summed E-state index contributed by atoms with van der Waals surface area (Å²) in [4.78, 5) is 23.2. The van der Waals surface area contributed by atoms with Gasteiger partial charge in [0.2, 0.25) is 5.91 Å². The number of aromatic nitrogens is 2. The summed E-state index contributed by atoms with van der Waals surface area (Å²) in [6.07, 6.45) is 4.71. The van der Waals surface area contributed by atoms with E-state index in [1.165, 1.54) is 10.7 Å². The van der Waals surface area contributed by atoms with Gasteiger partial charge in [0.1, 0.15) is 5.69 Å². The summed E-state index contributed by atoms with van der Waals surface area (Å²) in [7, 11) is 0. The Hall–Kier alpha value is -2.70. The summed E-state index contributed by atoms with van der Waals surface area (Å²) in [5.74, 6) is -2.44. The normalized spacial score (nSPS) is 20.1. The molecule has 0 radical (unpaired) electrons.